The fourth-order valence-electron chi connectivity index (χ4n) is 4.72. The van der Waals surface area contributed by atoms with Crippen LogP contribution in [-0.2, 0) is 0 Å². The lowest BCUT2D eigenvalue weighted by Gasteiger charge is -2.55. The van der Waals surface area contributed by atoms with Crippen LogP contribution in [0.2, 0.25) is 0 Å². The third-order valence-electron chi connectivity index (χ3n) is 5.97. The Labute approximate surface area is 125 Å². The molecule has 0 aromatic heterocycles. The Morgan fingerprint density at radius 1 is 0.905 bits per heavy atom. The molecular formula is C16H27F3N2. The molecule has 0 amide bonds. The second-order valence-corrected chi connectivity index (χ2v) is 7.41. The van der Waals surface area contributed by atoms with Gasteiger partial charge in [-0.3, -0.25) is 4.90 Å². The van der Waals surface area contributed by atoms with Gasteiger partial charge >= 0.3 is 6.18 Å². The van der Waals surface area contributed by atoms with Gasteiger partial charge in [0.25, 0.3) is 0 Å². The SMILES string of the molecule is FC(F)(F)CCN1CC2(CCCC2)NCC12CCCCC2. The highest BCUT2D eigenvalue weighted by atomic mass is 19.4. The van der Waals surface area contributed by atoms with Crippen LogP contribution in [-0.4, -0.2) is 41.8 Å². The summed E-state index contributed by atoms with van der Waals surface area (Å²) >= 11 is 0. The van der Waals surface area contributed by atoms with Gasteiger partial charge in [-0.25, -0.2) is 0 Å². The number of nitrogens with one attached hydrogen (secondary N) is 1. The molecule has 0 aromatic carbocycles. The van der Waals surface area contributed by atoms with Gasteiger partial charge in [0, 0.05) is 30.7 Å². The third kappa shape index (κ3) is 3.39. The van der Waals surface area contributed by atoms with E-state index in [1.165, 1.54) is 19.3 Å². The van der Waals surface area contributed by atoms with E-state index in [2.05, 4.69) is 10.2 Å². The highest BCUT2D eigenvalue weighted by molar-refractivity contribution is 5.07. The van der Waals surface area contributed by atoms with Crippen LogP contribution in [0, 0.1) is 0 Å². The number of halogens is 3. The Morgan fingerprint density at radius 2 is 1.52 bits per heavy atom. The molecule has 2 aliphatic carbocycles. The average molecular weight is 304 g/mol. The molecule has 5 heteroatoms. The molecule has 0 unspecified atom stereocenters. The Bertz CT molecular complexity index is 355. The van der Waals surface area contributed by atoms with Crippen molar-refractivity contribution in [1.29, 1.82) is 0 Å². The summed E-state index contributed by atoms with van der Waals surface area (Å²) in [6.07, 6.45) is 5.68. The summed E-state index contributed by atoms with van der Waals surface area (Å²) in [7, 11) is 0. The second-order valence-electron chi connectivity index (χ2n) is 7.41. The summed E-state index contributed by atoms with van der Waals surface area (Å²) in [6, 6.07) is 0. The van der Waals surface area contributed by atoms with Crippen LogP contribution in [0.4, 0.5) is 13.2 Å². The Kier molecular flexibility index (Phi) is 4.25. The lowest BCUT2D eigenvalue weighted by atomic mass is 9.76. The van der Waals surface area contributed by atoms with Gasteiger partial charge < -0.3 is 5.32 Å². The van der Waals surface area contributed by atoms with Crippen molar-refractivity contribution in [3.05, 3.63) is 0 Å². The molecule has 1 N–H and O–H groups in total. The fourth-order valence-corrected chi connectivity index (χ4v) is 4.72. The summed E-state index contributed by atoms with van der Waals surface area (Å²) in [6.45, 7) is 1.90. The molecule has 2 nitrogen and oxygen atoms in total. The number of hydrogen-bond acceptors (Lipinski definition) is 2. The first-order chi connectivity index (χ1) is 9.93. The predicted molar refractivity (Wildman–Crippen MR) is 77.3 cm³/mol. The van der Waals surface area contributed by atoms with Crippen LogP contribution in [0.5, 0.6) is 0 Å². The molecule has 1 aliphatic heterocycles. The van der Waals surface area contributed by atoms with E-state index in [4.69, 9.17) is 0 Å². The Balaban J connectivity index is 1.73. The van der Waals surface area contributed by atoms with Crippen LogP contribution in [0.25, 0.3) is 0 Å². The maximum atomic E-state index is 12.7. The van der Waals surface area contributed by atoms with Gasteiger partial charge in [0.05, 0.1) is 6.42 Å². The minimum atomic E-state index is -4.04. The monoisotopic (exact) mass is 304 g/mol. The zero-order chi connectivity index (χ0) is 15.0. The molecule has 0 radical (unpaired) electrons. The van der Waals surface area contributed by atoms with Gasteiger partial charge in [-0.2, -0.15) is 13.2 Å². The second kappa shape index (κ2) is 5.73. The lowest BCUT2D eigenvalue weighted by molar-refractivity contribution is -0.145. The quantitative estimate of drug-likeness (QED) is 0.833. The molecule has 0 bridgehead atoms. The van der Waals surface area contributed by atoms with E-state index in [-0.39, 0.29) is 17.6 Å². The average Bonchev–Trinajstić information content (AvgIpc) is 2.89. The minimum absolute atomic E-state index is 0.00264. The van der Waals surface area contributed by atoms with E-state index in [0.29, 0.717) is 0 Å². The summed E-state index contributed by atoms with van der Waals surface area (Å²) < 4.78 is 38.1. The van der Waals surface area contributed by atoms with Crippen molar-refractivity contribution in [3.63, 3.8) is 0 Å². The van der Waals surface area contributed by atoms with Crippen molar-refractivity contribution < 1.29 is 13.2 Å². The van der Waals surface area contributed by atoms with Crippen molar-refractivity contribution in [3.8, 4) is 0 Å². The summed E-state index contributed by atoms with van der Waals surface area (Å²) in [4.78, 5) is 2.22. The van der Waals surface area contributed by atoms with Crippen LogP contribution in [0.1, 0.15) is 64.2 Å². The topological polar surface area (TPSA) is 15.3 Å². The van der Waals surface area contributed by atoms with Gasteiger partial charge in [0.1, 0.15) is 0 Å². The van der Waals surface area contributed by atoms with E-state index < -0.39 is 12.6 Å². The first-order valence-electron chi connectivity index (χ1n) is 8.50. The lowest BCUT2D eigenvalue weighted by Crippen LogP contribution is -2.70. The summed E-state index contributed by atoms with van der Waals surface area (Å²) in [5.41, 5.74) is 0.103. The van der Waals surface area contributed by atoms with E-state index >= 15 is 0 Å². The normalized spacial score (nSPS) is 29.3. The zero-order valence-corrected chi connectivity index (χ0v) is 12.8. The van der Waals surface area contributed by atoms with E-state index in [9.17, 15) is 13.2 Å². The largest absolute Gasteiger partial charge is 0.390 e. The highest BCUT2D eigenvalue weighted by Gasteiger charge is 2.49. The van der Waals surface area contributed by atoms with Gasteiger partial charge in [0.15, 0.2) is 0 Å². The van der Waals surface area contributed by atoms with E-state index in [0.717, 1.165) is 51.6 Å². The van der Waals surface area contributed by atoms with Crippen LogP contribution < -0.4 is 5.32 Å². The van der Waals surface area contributed by atoms with Crippen molar-refractivity contribution in [2.24, 2.45) is 0 Å². The fraction of sp³-hybridized carbons (Fsp3) is 1.00. The molecule has 3 rings (SSSR count). The molecule has 3 fully saturated rings. The van der Waals surface area contributed by atoms with Crippen molar-refractivity contribution in [2.75, 3.05) is 19.6 Å². The molecule has 2 saturated carbocycles. The Morgan fingerprint density at radius 3 is 2.14 bits per heavy atom. The number of nitrogens with zero attached hydrogens (tertiary/aromatic N) is 1. The van der Waals surface area contributed by atoms with Gasteiger partial charge in [-0.1, -0.05) is 32.1 Å². The van der Waals surface area contributed by atoms with Gasteiger partial charge in [-0.05, 0) is 25.7 Å². The number of hydrogen-bond donors (Lipinski definition) is 1. The molecule has 1 saturated heterocycles. The number of alkyl halides is 3. The molecule has 1 heterocycles. The molecule has 0 aromatic rings. The highest BCUT2D eigenvalue weighted by Crippen LogP contribution is 2.42. The van der Waals surface area contributed by atoms with Gasteiger partial charge in [-0.15, -0.1) is 0 Å². The van der Waals surface area contributed by atoms with Crippen molar-refractivity contribution in [1.82, 2.24) is 10.2 Å². The van der Waals surface area contributed by atoms with Crippen LogP contribution in [0.3, 0.4) is 0 Å². The standard InChI is InChI=1S/C16H27F3N2/c17-16(18,19)10-11-21-13-14(6-4-5-7-14)20-12-15(21)8-2-1-3-9-15/h20H,1-13H2. The van der Waals surface area contributed by atoms with Crippen LogP contribution in [0.15, 0.2) is 0 Å². The van der Waals surface area contributed by atoms with E-state index in [1.807, 2.05) is 0 Å². The summed E-state index contributed by atoms with van der Waals surface area (Å²) in [5, 5.41) is 3.76. The predicted octanol–water partition coefficient (Wildman–Crippen LogP) is 3.86. The van der Waals surface area contributed by atoms with Crippen LogP contribution >= 0.6 is 0 Å². The van der Waals surface area contributed by atoms with Gasteiger partial charge in [0.2, 0.25) is 0 Å². The van der Waals surface area contributed by atoms with Crippen molar-refractivity contribution >= 4 is 0 Å². The summed E-state index contributed by atoms with van der Waals surface area (Å²) in [5.74, 6) is 0. The molecule has 21 heavy (non-hydrogen) atoms. The smallest absolute Gasteiger partial charge is 0.308 e. The molecule has 3 aliphatic rings. The first-order valence-corrected chi connectivity index (χ1v) is 8.50. The first kappa shape index (κ1) is 15.6. The van der Waals surface area contributed by atoms with Crippen molar-refractivity contribution in [2.45, 2.75) is 81.5 Å². The maximum absolute atomic E-state index is 12.7. The number of rotatable bonds is 2. The maximum Gasteiger partial charge on any atom is 0.390 e. The zero-order valence-electron chi connectivity index (χ0n) is 12.8. The third-order valence-corrected chi connectivity index (χ3v) is 5.97. The number of piperazine rings is 1. The molecular weight excluding hydrogens is 277 g/mol. The minimum Gasteiger partial charge on any atom is -0.308 e. The molecule has 122 valence electrons. The van der Waals surface area contributed by atoms with E-state index in [1.54, 1.807) is 0 Å². The molecule has 2 spiro atoms. The Hall–Kier alpha value is -0.290. The molecule has 0 atom stereocenters.